The van der Waals surface area contributed by atoms with Gasteiger partial charge in [-0.25, -0.2) is 0 Å². The van der Waals surface area contributed by atoms with Crippen LogP contribution >= 0.6 is 0 Å². The number of hydrogen-bond donors (Lipinski definition) is 0. The van der Waals surface area contributed by atoms with Gasteiger partial charge < -0.3 is 4.90 Å². The van der Waals surface area contributed by atoms with E-state index in [0.717, 1.165) is 30.1 Å². The van der Waals surface area contributed by atoms with Crippen LogP contribution in [0.2, 0.25) is 0 Å². The quantitative estimate of drug-likeness (QED) is 0.249. The SMILES string of the molecule is CC1C=CC2C3C=CC(C4=CC5C6C=CCCC6N(C6=CC(C7C=CC=CC7)CC=C6)C5C=C4)=CC3N(C3CC(C4C=CCCC4)CC(C4CC=CCC4)C3)C2C1. The normalized spacial score (nSPS) is 45.6. The van der Waals surface area contributed by atoms with Crippen LogP contribution in [0.25, 0.3) is 0 Å². The third-order valence-electron chi connectivity index (χ3n) is 17.3. The number of fused-ring (bicyclic) bond motifs is 6. The fourth-order valence-electron chi connectivity index (χ4n) is 14.6. The van der Waals surface area contributed by atoms with Crippen LogP contribution in [0.5, 0.6) is 0 Å². The molecular formula is C55H68N2. The molecule has 2 aliphatic heterocycles. The standard InChI is InChI=1S/C55H68N2/c1-37-24-27-49-50-28-25-43(36-55(50)57(54(49)30-37)47-33-44(39-16-7-3-8-17-39)31-45(34-47)40-18-9-4-10-19-40)42-26-29-53-51(35-42)48-22-11-12-23-52(48)56(53)46-21-13-20-41(32-46)38-14-5-2-6-15-38/h2-3,5-7,9,11,13-14,18,21-22,24-29,32,35-41,44-45,47-55H,4,8,10,12,15-17,19-20,23,30-31,33-34H2,1H3. The lowest BCUT2D eigenvalue weighted by Crippen LogP contribution is -2.50. The van der Waals surface area contributed by atoms with Gasteiger partial charge in [-0.2, -0.15) is 0 Å². The minimum absolute atomic E-state index is 0.431. The lowest BCUT2D eigenvalue weighted by Gasteiger charge is -2.48. The highest BCUT2D eigenvalue weighted by Gasteiger charge is 2.53. The van der Waals surface area contributed by atoms with Gasteiger partial charge in [0.25, 0.3) is 0 Å². The first-order valence-corrected chi connectivity index (χ1v) is 23.9. The fourth-order valence-corrected chi connectivity index (χ4v) is 14.6. The molecule has 2 saturated heterocycles. The summed E-state index contributed by atoms with van der Waals surface area (Å²) in [5.41, 5.74) is 4.46. The summed E-state index contributed by atoms with van der Waals surface area (Å²) in [6.45, 7) is 2.48. The molecule has 3 fully saturated rings. The smallest absolute Gasteiger partial charge is 0.0549 e. The minimum Gasteiger partial charge on any atom is -0.361 e. The number of allylic oxidation sites excluding steroid dienone is 17. The van der Waals surface area contributed by atoms with Gasteiger partial charge in [0.15, 0.2) is 0 Å². The number of rotatable bonds is 6. The van der Waals surface area contributed by atoms with Gasteiger partial charge in [-0.1, -0.05) is 128 Å². The summed E-state index contributed by atoms with van der Waals surface area (Å²) in [6, 6.07) is 2.86. The predicted octanol–water partition coefficient (Wildman–Crippen LogP) is 12.6. The highest BCUT2D eigenvalue weighted by atomic mass is 15.3. The topological polar surface area (TPSA) is 6.48 Å². The van der Waals surface area contributed by atoms with Crippen LogP contribution in [0.1, 0.15) is 96.8 Å². The highest BCUT2D eigenvalue weighted by molar-refractivity contribution is 5.53. The van der Waals surface area contributed by atoms with Crippen molar-refractivity contribution in [3.05, 3.63) is 144 Å². The Kier molecular flexibility index (Phi) is 10.1. The molecule has 11 rings (SSSR count). The molecule has 1 saturated carbocycles. The van der Waals surface area contributed by atoms with Crippen molar-refractivity contribution < 1.29 is 0 Å². The van der Waals surface area contributed by atoms with E-state index in [2.05, 4.69) is 144 Å². The van der Waals surface area contributed by atoms with Crippen LogP contribution in [0.3, 0.4) is 0 Å². The molecule has 16 atom stereocenters. The zero-order chi connectivity index (χ0) is 37.9. The van der Waals surface area contributed by atoms with Crippen LogP contribution in [0.4, 0.5) is 0 Å². The molecule has 0 aromatic heterocycles. The summed E-state index contributed by atoms with van der Waals surface area (Å²) in [5, 5.41) is 0. The Morgan fingerprint density at radius 3 is 2.23 bits per heavy atom. The first-order chi connectivity index (χ1) is 28.2. The van der Waals surface area contributed by atoms with E-state index in [1.807, 2.05) is 0 Å². The van der Waals surface area contributed by atoms with E-state index in [0.29, 0.717) is 71.6 Å². The molecule has 0 aromatic rings. The zero-order valence-electron chi connectivity index (χ0n) is 34.7. The summed E-state index contributed by atoms with van der Waals surface area (Å²) in [4.78, 5) is 6.05. The van der Waals surface area contributed by atoms with Crippen molar-refractivity contribution >= 4 is 0 Å². The summed E-state index contributed by atoms with van der Waals surface area (Å²) in [5.74, 6) is 7.60. The van der Waals surface area contributed by atoms with Gasteiger partial charge in [0, 0.05) is 53.5 Å². The molecule has 2 nitrogen and oxygen atoms in total. The Morgan fingerprint density at radius 1 is 0.491 bits per heavy atom. The molecule has 57 heavy (non-hydrogen) atoms. The summed E-state index contributed by atoms with van der Waals surface area (Å²) in [7, 11) is 0. The Morgan fingerprint density at radius 2 is 1.35 bits per heavy atom. The molecule has 0 aromatic carbocycles. The van der Waals surface area contributed by atoms with Gasteiger partial charge in [0.05, 0.1) is 6.04 Å². The van der Waals surface area contributed by atoms with Gasteiger partial charge >= 0.3 is 0 Å². The van der Waals surface area contributed by atoms with E-state index in [1.54, 1.807) is 0 Å². The summed E-state index contributed by atoms with van der Waals surface area (Å²) < 4.78 is 0. The highest BCUT2D eigenvalue weighted by Crippen LogP contribution is 2.53. The van der Waals surface area contributed by atoms with E-state index in [9.17, 15) is 0 Å². The summed E-state index contributed by atoms with van der Waals surface area (Å²) >= 11 is 0. The third kappa shape index (κ3) is 6.82. The van der Waals surface area contributed by atoms with Crippen molar-refractivity contribution in [2.75, 3.05) is 0 Å². The van der Waals surface area contributed by atoms with Crippen molar-refractivity contribution in [2.24, 2.45) is 65.1 Å². The molecule has 0 N–H and O–H groups in total. The molecule has 2 heteroatoms. The van der Waals surface area contributed by atoms with E-state index in [-0.39, 0.29) is 0 Å². The number of hydrogen-bond acceptors (Lipinski definition) is 2. The number of nitrogens with zero attached hydrogens (tertiary/aromatic N) is 2. The molecule has 0 radical (unpaired) electrons. The van der Waals surface area contributed by atoms with Gasteiger partial charge in [0.2, 0.25) is 0 Å². The molecule has 0 spiro atoms. The maximum Gasteiger partial charge on any atom is 0.0549 e. The first-order valence-electron chi connectivity index (χ1n) is 23.9. The van der Waals surface area contributed by atoms with Crippen LogP contribution < -0.4 is 0 Å². The Hall–Kier alpha value is -3.36. The molecule has 0 amide bonds. The Bertz CT molecular complexity index is 1900. The van der Waals surface area contributed by atoms with Crippen molar-refractivity contribution in [1.82, 2.24) is 9.80 Å². The molecule has 298 valence electrons. The first kappa shape index (κ1) is 36.7. The van der Waals surface area contributed by atoms with E-state index in [4.69, 9.17) is 0 Å². The van der Waals surface area contributed by atoms with Gasteiger partial charge in [0.1, 0.15) is 0 Å². The lowest BCUT2D eigenvalue weighted by molar-refractivity contribution is 0.0295. The van der Waals surface area contributed by atoms with Crippen LogP contribution in [0.15, 0.2) is 144 Å². The van der Waals surface area contributed by atoms with E-state index in [1.165, 1.54) is 100 Å². The number of likely N-dealkylation sites (tertiary alicyclic amines) is 2. The third-order valence-corrected chi connectivity index (χ3v) is 17.3. The molecule has 0 bridgehead atoms. The summed E-state index contributed by atoms with van der Waals surface area (Å²) in [6.07, 6.45) is 71.9. The fraction of sp³-hybridized carbons (Fsp3) is 0.564. The van der Waals surface area contributed by atoms with Gasteiger partial charge in [-0.05, 0) is 149 Å². The monoisotopic (exact) mass is 757 g/mol. The maximum absolute atomic E-state index is 3.19. The molecular weight excluding hydrogens is 689 g/mol. The largest absolute Gasteiger partial charge is 0.361 e. The lowest BCUT2D eigenvalue weighted by atomic mass is 9.65. The van der Waals surface area contributed by atoms with E-state index >= 15 is 0 Å². The average molecular weight is 757 g/mol. The predicted molar refractivity (Wildman–Crippen MR) is 238 cm³/mol. The maximum atomic E-state index is 3.19. The van der Waals surface area contributed by atoms with Gasteiger partial charge in [-0.3, -0.25) is 4.90 Å². The van der Waals surface area contributed by atoms with Crippen LogP contribution in [-0.2, 0) is 0 Å². The minimum atomic E-state index is 0.431. The van der Waals surface area contributed by atoms with E-state index < -0.39 is 0 Å². The molecule has 9 aliphatic carbocycles. The van der Waals surface area contributed by atoms with Crippen LogP contribution in [0, 0.1) is 65.1 Å². The molecule has 11 aliphatic rings. The van der Waals surface area contributed by atoms with Crippen molar-refractivity contribution in [2.45, 2.75) is 127 Å². The molecule has 2 heterocycles. The van der Waals surface area contributed by atoms with Gasteiger partial charge in [-0.15, -0.1) is 0 Å². The average Bonchev–Trinajstić information content (AvgIpc) is 3.78. The van der Waals surface area contributed by atoms with Crippen molar-refractivity contribution in [3.63, 3.8) is 0 Å². The second-order valence-corrected chi connectivity index (χ2v) is 20.4. The van der Waals surface area contributed by atoms with Crippen molar-refractivity contribution in [3.8, 4) is 0 Å². The van der Waals surface area contributed by atoms with Crippen molar-refractivity contribution in [1.29, 1.82) is 0 Å². The Labute approximate surface area is 345 Å². The zero-order valence-corrected chi connectivity index (χ0v) is 34.7. The second kappa shape index (κ2) is 15.7. The second-order valence-electron chi connectivity index (χ2n) is 20.4. The molecule has 16 unspecified atom stereocenters. The van der Waals surface area contributed by atoms with Crippen LogP contribution in [-0.4, -0.2) is 40.0 Å². The Balaban J connectivity index is 0.903.